The number of thiazole rings is 1. The average Bonchev–Trinajstić information content (AvgIpc) is 2.65. The van der Waals surface area contributed by atoms with E-state index >= 15 is 0 Å². The predicted octanol–water partition coefficient (Wildman–Crippen LogP) is 3.00. The van der Waals surface area contributed by atoms with Gasteiger partial charge in [0.05, 0.1) is 5.01 Å². The van der Waals surface area contributed by atoms with Crippen LogP contribution in [0.1, 0.15) is 27.9 Å². The van der Waals surface area contributed by atoms with Gasteiger partial charge in [-0.2, -0.15) is 0 Å². The topological polar surface area (TPSA) is 38.9 Å². The summed E-state index contributed by atoms with van der Waals surface area (Å²) in [5, 5.41) is 3.18. The Bertz CT molecular complexity index is 459. The summed E-state index contributed by atoms with van der Waals surface area (Å²) in [5.74, 6) is 0. The van der Waals surface area contributed by atoms with Crippen LogP contribution in [0.15, 0.2) is 29.6 Å². The molecule has 0 spiro atoms. The highest BCUT2D eigenvalue weighted by Crippen LogP contribution is 2.19. The number of nitrogens with two attached hydrogens (primary N) is 1. The van der Waals surface area contributed by atoms with E-state index in [9.17, 15) is 0 Å². The lowest BCUT2D eigenvalue weighted by Gasteiger charge is -2.10. The molecule has 3 heteroatoms. The molecular formula is C13H16N2S. The number of rotatable bonds is 3. The molecule has 0 aliphatic carbocycles. The van der Waals surface area contributed by atoms with Crippen LogP contribution in [0.25, 0.3) is 0 Å². The predicted molar refractivity (Wildman–Crippen MR) is 68.7 cm³/mol. The maximum absolute atomic E-state index is 6.15. The van der Waals surface area contributed by atoms with Crippen LogP contribution >= 0.6 is 11.3 Å². The third-order valence-electron chi connectivity index (χ3n) is 2.57. The van der Waals surface area contributed by atoms with E-state index in [2.05, 4.69) is 41.6 Å². The molecule has 2 aromatic rings. The molecule has 0 aliphatic heterocycles. The lowest BCUT2D eigenvalue weighted by atomic mass is 10.0. The van der Waals surface area contributed by atoms with Crippen LogP contribution in [0, 0.1) is 13.8 Å². The fourth-order valence-corrected chi connectivity index (χ4v) is 2.45. The first-order valence-electron chi connectivity index (χ1n) is 5.38. The second-order valence-corrected chi connectivity index (χ2v) is 5.05. The number of benzene rings is 1. The summed E-state index contributed by atoms with van der Waals surface area (Å²) in [7, 11) is 0. The third-order valence-corrected chi connectivity index (χ3v) is 3.56. The largest absolute Gasteiger partial charge is 0.324 e. The molecule has 2 nitrogen and oxygen atoms in total. The van der Waals surface area contributed by atoms with Crippen molar-refractivity contribution in [1.82, 2.24) is 4.98 Å². The van der Waals surface area contributed by atoms with Crippen LogP contribution in [-0.2, 0) is 6.42 Å². The van der Waals surface area contributed by atoms with Crippen LogP contribution in [0.4, 0.5) is 0 Å². The molecule has 1 unspecified atom stereocenters. The van der Waals surface area contributed by atoms with E-state index in [1.54, 1.807) is 11.3 Å². The molecule has 1 heterocycles. The Balaban J connectivity index is 2.08. The van der Waals surface area contributed by atoms with E-state index in [1.807, 2.05) is 6.92 Å². The second-order valence-electron chi connectivity index (χ2n) is 4.10. The van der Waals surface area contributed by atoms with E-state index in [-0.39, 0.29) is 6.04 Å². The Morgan fingerprint density at radius 2 is 1.94 bits per heavy atom. The van der Waals surface area contributed by atoms with Crippen molar-refractivity contribution in [2.75, 3.05) is 0 Å². The Morgan fingerprint density at radius 1 is 1.25 bits per heavy atom. The van der Waals surface area contributed by atoms with Gasteiger partial charge in [-0.25, -0.2) is 4.98 Å². The van der Waals surface area contributed by atoms with Gasteiger partial charge in [0.2, 0.25) is 0 Å². The molecule has 0 fully saturated rings. The van der Waals surface area contributed by atoms with Crippen molar-refractivity contribution in [2.45, 2.75) is 26.3 Å². The molecule has 1 aromatic carbocycles. The van der Waals surface area contributed by atoms with Gasteiger partial charge in [0.15, 0.2) is 0 Å². The Kier molecular flexibility index (Phi) is 3.36. The minimum absolute atomic E-state index is 0.0474. The molecule has 0 amide bonds. The molecule has 2 rings (SSSR count). The highest BCUT2D eigenvalue weighted by molar-refractivity contribution is 7.09. The Labute approximate surface area is 100 Å². The number of hydrogen-bond donors (Lipinski definition) is 1. The summed E-state index contributed by atoms with van der Waals surface area (Å²) in [6.07, 6.45) is 0.821. The highest BCUT2D eigenvalue weighted by atomic mass is 32.1. The molecule has 16 heavy (non-hydrogen) atoms. The first-order chi connectivity index (χ1) is 7.65. The molecule has 84 valence electrons. The van der Waals surface area contributed by atoms with Gasteiger partial charge in [-0.15, -0.1) is 11.3 Å². The van der Waals surface area contributed by atoms with Crippen molar-refractivity contribution >= 4 is 11.3 Å². The van der Waals surface area contributed by atoms with E-state index in [1.165, 1.54) is 11.1 Å². The van der Waals surface area contributed by atoms with Crippen LogP contribution in [0.2, 0.25) is 0 Å². The zero-order valence-corrected chi connectivity index (χ0v) is 10.4. The monoisotopic (exact) mass is 232 g/mol. The molecule has 0 saturated carbocycles. The van der Waals surface area contributed by atoms with Crippen molar-refractivity contribution in [3.05, 3.63) is 51.5 Å². The van der Waals surface area contributed by atoms with E-state index in [0.717, 1.165) is 17.1 Å². The zero-order valence-electron chi connectivity index (χ0n) is 9.60. The molecule has 1 atom stereocenters. The van der Waals surface area contributed by atoms with Crippen molar-refractivity contribution in [3.8, 4) is 0 Å². The molecule has 2 N–H and O–H groups in total. The number of aryl methyl sites for hydroxylation is 2. The fourth-order valence-electron chi connectivity index (χ4n) is 1.62. The Morgan fingerprint density at radius 3 is 2.50 bits per heavy atom. The summed E-state index contributed by atoms with van der Waals surface area (Å²) < 4.78 is 0. The minimum Gasteiger partial charge on any atom is -0.324 e. The van der Waals surface area contributed by atoms with E-state index in [0.29, 0.717) is 0 Å². The van der Waals surface area contributed by atoms with E-state index in [4.69, 9.17) is 5.73 Å². The van der Waals surface area contributed by atoms with Gasteiger partial charge < -0.3 is 5.73 Å². The normalized spacial score (nSPS) is 12.7. The number of nitrogens with zero attached hydrogens (tertiary/aromatic N) is 1. The summed E-state index contributed by atoms with van der Waals surface area (Å²) in [4.78, 5) is 4.43. The zero-order chi connectivity index (χ0) is 11.5. The maximum Gasteiger partial charge on any atom is 0.0947 e. The van der Waals surface area contributed by atoms with Crippen LogP contribution in [0.3, 0.4) is 0 Å². The third kappa shape index (κ3) is 2.68. The maximum atomic E-state index is 6.15. The van der Waals surface area contributed by atoms with Crippen molar-refractivity contribution < 1.29 is 0 Å². The standard InChI is InChI=1S/C13H16N2S/c1-9-3-5-11(6-4-9)12(14)7-13-15-10(2)8-16-13/h3-6,8,12H,7,14H2,1-2H3. The molecule has 1 aromatic heterocycles. The lowest BCUT2D eigenvalue weighted by molar-refractivity contribution is 0.716. The van der Waals surface area contributed by atoms with Gasteiger partial charge >= 0.3 is 0 Å². The van der Waals surface area contributed by atoms with Gasteiger partial charge in [0.25, 0.3) is 0 Å². The second kappa shape index (κ2) is 4.76. The van der Waals surface area contributed by atoms with Crippen LogP contribution in [-0.4, -0.2) is 4.98 Å². The first kappa shape index (κ1) is 11.3. The summed E-state index contributed by atoms with van der Waals surface area (Å²) in [5.41, 5.74) is 9.68. The lowest BCUT2D eigenvalue weighted by Crippen LogP contribution is -2.13. The fraction of sp³-hybridized carbons (Fsp3) is 0.308. The smallest absolute Gasteiger partial charge is 0.0947 e. The van der Waals surface area contributed by atoms with Crippen molar-refractivity contribution in [3.63, 3.8) is 0 Å². The summed E-state index contributed by atoms with van der Waals surface area (Å²) >= 11 is 1.68. The van der Waals surface area contributed by atoms with Gasteiger partial charge in [-0.3, -0.25) is 0 Å². The summed E-state index contributed by atoms with van der Waals surface area (Å²) in [6, 6.07) is 8.44. The summed E-state index contributed by atoms with van der Waals surface area (Å²) in [6.45, 7) is 4.09. The van der Waals surface area contributed by atoms with Crippen LogP contribution in [0.5, 0.6) is 0 Å². The van der Waals surface area contributed by atoms with E-state index < -0.39 is 0 Å². The Hall–Kier alpha value is -1.19. The molecule has 0 saturated heterocycles. The minimum atomic E-state index is 0.0474. The molecule has 0 aliphatic rings. The molecular weight excluding hydrogens is 216 g/mol. The highest BCUT2D eigenvalue weighted by Gasteiger charge is 2.09. The first-order valence-corrected chi connectivity index (χ1v) is 6.26. The van der Waals surface area contributed by atoms with Crippen LogP contribution < -0.4 is 5.73 Å². The molecule has 0 radical (unpaired) electrons. The van der Waals surface area contributed by atoms with Gasteiger partial charge in [0.1, 0.15) is 0 Å². The van der Waals surface area contributed by atoms with Crippen molar-refractivity contribution in [2.24, 2.45) is 5.73 Å². The quantitative estimate of drug-likeness (QED) is 0.883. The van der Waals surface area contributed by atoms with Crippen molar-refractivity contribution in [1.29, 1.82) is 0 Å². The number of hydrogen-bond acceptors (Lipinski definition) is 3. The van der Waals surface area contributed by atoms with Gasteiger partial charge in [-0.05, 0) is 19.4 Å². The van der Waals surface area contributed by atoms with Gasteiger partial charge in [0, 0.05) is 23.5 Å². The molecule has 0 bridgehead atoms. The number of aromatic nitrogens is 1. The van der Waals surface area contributed by atoms with Gasteiger partial charge in [-0.1, -0.05) is 29.8 Å². The SMILES string of the molecule is Cc1ccc(C(N)Cc2nc(C)cs2)cc1. The average molecular weight is 232 g/mol.